The van der Waals surface area contributed by atoms with Gasteiger partial charge in [0.25, 0.3) is 0 Å². The van der Waals surface area contributed by atoms with Gasteiger partial charge in [-0.1, -0.05) is 18.2 Å². The Balaban J connectivity index is 1.15. The van der Waals surface area contributed by atoms with Gasteiger partial charge in [-0.25, -0.2) is 14.6 Å². The Morgan fingerprint density at radius 3 is 1.94 bits per heavy atom. The van der Waals surface area contributed by atoms with E-state index in [1.54, 1.807) is 0 Å². The molecule has 0 unspecified atom stereocenters. The first kappa shape index (κ1) is 19.3. The molecule has 0 spiro atoms. The molecule has 7 heteroatoms. The molecule has 4 bridgehead atoms. The molecule has 2 aliphatic heterocycles. The maximum absolute atomic E-state index is 13.4. The fourth-order valence-electron chi connectivity index (χ4n) is 7.37. The molecule has 0 aromatic heterocycles. The third-order valence-corrected chi connectivity index (χ3v) is 8.37. The maximum Gasteiger partial charge on any atom is 0.335 e. The van der Waals surface area contributed by atoms with Gasteiger partial charge in [-0.3, -0.25) is 14.5 Å². The standard InChI is InChI=1S/C24H30N4O3/c29-21-22(30)28(24-13-17-10-18(14-24)12-19(11-17)15-24)23(31)27(21)16-25-6-8-26(9-7-25)20-4-2-1-3-5-20/h1-5,17-19H,6-16H2. The summed E-state index contributed by atoms with van der Waals surface area (Å²) in [7, 11) is 0. The van der Waals surface area contributed by atoms with Crippen LogP contribution in [-0.4, -0.2) is 70.9 Å². The van der Waals surface area contributed by atoms with E-state index in [0.717, 1.165) is 45.4 Å². The monoisotopic (exact) mass is 422 g/mol. The molecule has 0 atom stereocenters. The van der Waals surface area contributed by atoms with Crippen LogP contribution < -0.4 is 4.90 Å². The van der Waals surface area contributed by atoms with Crippen LogP contribution in [0.5, 0.6) is 0 Å². The Kier molecular flexibility index (Phi) is 4.39. The van der Waals surface area contributed by atoms with Crippen LogP contribution in [0.15, 0.2) is 30.3 Å². The minimum absolute atomic E-state index is 0.217. The second-order valence-corrected chi connectivity index (χ2v) is 10.4. The van der Waals surface area contributed by atoms with Crippen LogP contribution >= 0.6 is 0 Å². The van der Waals surface area contributed by atoms with Crippen molar-refractivity contribution in [1.29, 1.82) is 0 Å². The van der Waals surface area contributed by atoms with Crippen molar-refractivity contribution in [2.45, 2.75) is 44.1 Å². The lowest BCUT2D eigenvalue weighted by Crippen LogP contribution is -2.62. The average molecular weight is 423 g/mol. The van der Waals surface area contributed by atoms with Crippen molar-refractivity contribution in [2.24, 2.45) is 17.8 Å². The number of benzene rings is 1. The van der Waals surface area contributed by atoms with Gasteiger partial charge < -0.3 is 4.90 Å². The Hall–Kier alpha value is -2.41. The molecular formula is C24H30N4O3. The third-order valence-electron chi connectivity index (χ3n) is 8.37. The van der Waals surface area contributed by atoms with Gasteiger partial charge in [0.15, 0.2) is 0 Å². The predicted octanol–water partition coefficient (Wildman–Crippen LogP) is 2.53. The first-order valence-corrected chi connectivity index (χ1v) is 11.7. The number of imide groups is 2. The van der Waals surface area contributed by atoms with E-state index in [1.165, 1.54) is 34.7 Å². The lowest BCUT2D eigenvalue weighted by atomic mass is 9.52. The normalized spacial score (nSPS) is 35.5. The highest BCUT2D eigenvalue weighted by atomic mass is 16.2. The lowest BCUT2D eigenvalue weighted by Gasteiger charge is -2.58. The average Bonchev–Trinajstić information content (AvgIpc) is 2.97. The zero-order chi connectivity index (χ0) is 21.2. The largest absolute Gasteiger partial charge is 0.369 e. The van der Waals surface area contributed by atoms with Crippen molar-refractivity contribution in [3.8, 4) is 0 Å². The van der Waals surface area contributed by atoms with Gasteiger partial charge in [0, 0.05) is 31.9 Å². The number of amides is 4. The van der Waals surface area contributed by atoms with E-state index >= 15 is 0 Å². The molecule has 6 fully saturated rings. The van der Waals surface area contributed by atoms with Crippen molar-refractivity contribution in [1.82, 2.24) is 14.7 Å². The predicted molar refractivity (Wildman–Crippen MR) is 115 cm³/mol. The van der Waals surface area contributed by atoms with E-state index in [1.807, 2.05) is 18.2 Å². The van der Waals surface area contributed by atoms with Gasteiger partial charge in [-0.05, 0) is 68.4 Å². The van der Waals surface area contributed by atoms with Crippen LogP contribution in [0.1, 0.15) is 38.5 Å². The van der Waals surface area contributed by atoms with Gasteiger partial charge in [-0.15, -0.1) is 0 Å². The minimum Gasteiger partial charge on any atom is -0.369 e. The summed E-state index contributed by atoms with van der Waals surface area (Å²) in [6.45, 7) is 3.42. The SMILES string of the molecule is O=C1C(=O)N(C23CC4CC(CC(C4)C2)C3)C(=O)N1CN1CCN(c2ccccc2)CC1. The molecule has 4 amide bonds. The van der Waals surface area contributed by atoms with E-state index in [9.17, 15) is 14.4 Å². The number of urea groups is 1. The van der Waals surface area contributed by atoms with E-state index in [-0.39, 0.29) is 12.7 Å². The molecular weight excluding hydrogens is 392 g/mol. The smallest absolute Gasteiger partial charge is 0.335 e. The molecule has 7 nitrogen and oxygen atoms in total. The highest BCUT2D eigenvalue weighted by molar-refractivity contribution is 6.44. The summed E-state index contributed by atoms with van der Waals surface area (Å²) in [5.74, 6) is 0.618. The van der Waals surface area contributed by atoms with E-state index < -0.39 is 17.4 Å². The Morgan fingerprint density at radius 2 is 1.35 bits per heavy atom. The molecule has 4 aliphatic carbocycles. The van der Waals surface area contributed by atoms with E-state index in [2.05, 4.69) is 21.9 Å². The summed E-state index contributed by atoms with van der Waals surface area (Å²) < 4.78 is 0. The van der Waals surface area contributed by atoms with Crippen molar-refractivity contribution in [3.05, 3.63) is 30.3 Å². The van der Waals surface area contributed by atoms with E-state index in [0.29, 0.717) is 17.8 Å². The van der Waals surface area contributed by atoms with Crippen LogP contribution in [0.2, 0.25) is 0 Å². The lowest BCUT2D eigenvalue weighted by molar-refractivity contribution is -0.150. The Labute approximate surface area is 182 Å². The van der Waals surface area contributed by atoms with Crippen LogP contribution in [0.25, 0.3) is 0 Å². The molecule has 2 heterocycles. The molecule has 0 N–H and O–H groups in total. The first-order chi connectivity index (χ1) is 15.0. The molecule has 7 rings (SSSR count). The molecule has 1 aromatic rings. The second kappa shape index (κ2) is 7.05. The number of piperazine rings is 1. The number of rotatable bonds is 4. The zero-order valence-corrected chi connectivity index (χ0v) is 17.9. The zero-order valence-electron chi connectivity index (χ0n) is 17.9. The molecule has 2 saturated heterocycles. The number of anilines is 1. The molecule has 4 saturated carbocycles. The van der Waals surface area contributed by atoms with Crippen molar-refractivity contribution in [3.63, 3.8) is 0 Å². The number of nitrogens with zero attached hydrogens (tertiary/aromatic N) is 4. The molecule has 164 valence electrons. The topological polar surface area (TPSA) is 64.2 Å². The van der Waals surface area contributed by atoms with Gasteiger partial charge in [-0.2, -0.15) is 0 Å². The van der Waals surface area contributed by atoms with Crippen LogP contribution in [0, 0.1) is 17.8 Å². The van der Waals surface area contributed by atoms with Gasteiger partial charge in [0.2, 0.25) is 0 Å². The fourth-order valence-corrected chi connectivity index (χ4v) is 7.37. The quantitative estimate of drug-likeness (QED) is 0.551. The summed E-state index contributed by atoms with van der Waals surface area (Å²) in [5, 5.41) is 0. The summed E-state index contributed by atoms with van der Waals surface area (Å²) in [4.78, 5) is 46.3. The number of hydrogen-bond acceptors (Lipinski definition) is 5. The molecule has 0 radical (unpaired) electrons. The number of hydrogen-bond donors (Lipinski definition) is 0. The minimum atomic E-state index is -0.633. The first-order valence-electron chi connectivity index (χ1n) is 11.7. The molecule has 6 aliphatic rings. The number of carbonyl (C=O) groups is 3. The number of carbonyl (C=O) groups excluding carboxylic acids is 3. The van der Waals surface area contributed by atoms with Gasteiger partial charge in [0.05, 0.1) is 12.2 Å². The molecule has 1 aromatic carbocycles. The van der Waals surface area contributed by atoms with Crippen LogP contribution in [0.4, 0.5) is 10.5 Å². The fraction of sp³-hybridized carbons (Fsp3) is 0.625. The second-order valence-electron chi connectivity index (χ2n) is 10.4. The summed E-state index contributed by atoms with van der Waals surface area (Å²) in [6.07, 6.45) is 6.39. The summed E-state index contributed by atoms with van der Waals surface area (Å²) in [5.41, 5.74) is 0.790. The summed E-state index contributed by atoms with van der Waals surface area (Å²) in [6, 6.07) is 9.91. The third kappa shape index (κ3) is 3.08. The van der Waals surface area contributed by atoms with Gasteiger partial charge >= 0.3 is 17.8 Å². The van der Waals surface area contributed by atoms with Crippen molar-refractivity contribution in [2.75, 3.05) is 37.7 Å². The number of para-hydroxylation sites is 1. The van der Waals surface area contributed by atoms with E-state index in [4.69, 9.17) is 0 Å². The van der Waals surface area contributed by atoms with Gasteiger partial charge in [0.1, 0.15) is 0 Å². The van der Waals surface area contributed by atoms with Crippen LogP contribution in [0.3, 0.4) is 0 Å². The highest BCUT2D eigenvalue weighted by Crippen LogP contribution is 2.58. The maximum atomic E-state index is 13.4. The Morgan fingerprint density at radius 1 is 0.774 bits per heavy atom. The highest BCUT2D eigenvalue weighted by Gasteiger charge is 2.61. The van der Waals surface area contributed by atoms with Crippen molar-refractivity contribution < 1.29 is 14.4 Å². The Bertz CT molecular complexity index is 873. The molecule has 31 heavy (non-hydrogen) atoms. The summed E-state index contributed by atoms with van der Waals surface area (Å²) >= 11 is 0. The van der Waals surface area contributed by atoms with Crippen molar-refractivity contribution >= 4 is 23.5 Å². The van der Waals surface area contributed by atoms with Crippen LogP contribution in [-0.2, 0) is 9.59 Å².